The number of hydrogen-bond donors (Lipinski definition) is 1. The van der Waals surface area contributed by atoms with Crippen LogP contribution < -0.4 is 5.32 Å². The number of likely N-dealkylation sites (N-methyl/N-ethyl adjacent to an activating group) is 1. The fraction of sp³-hybridized carbons (Fsp3) is 0.455. The first-order chi connectivity index (χ1) is 8.56. The molecule has 0 atom stereocenters. The molecule has 1 aromatic rings. The lowest BCUT2D eigenvalue weighted by Gasteiger charge is -2.15. The summed E-state index contributed by atoms with van der Waals surface area (Å²) in [6.07, 6.45) is 2.04. The SMILES string of the molecule is CN(CC(=O)NC1CC1)C(=O)c1ccc(Cl)nn1. The van der Waals surface area contributed by atoms with Crippen LogP contribution in [-0.2, 0) is 4.79 Å². The van der Waals surface area contributed by atoms with Gasteiger partial charge in [-0.25, -0.2) is 0 Å². The molecule has 0 aromatic carbocycles. The zero-order valence-corrected chi connectivity index (χ0v) is 10.6. The first-order valence-electron chi connectivity index (χ1n) is 5.60. The maximum absolute atomic E-state index is 11.9. The lowest BCUT2D eigenvalue weighted by molar-refractivity contribution is -0.121. The number of nitrogens with one attached hydrogen (secondary N) is 1. The highest BCUT2D eigenvalue weighted by Gasteiger charge is 2.24. The van der Waals surface area contributed by atoms with E-state index in [4.69, 9.17) is 11.6 Å². The third kappa shape index (κ3) is 3.40. The summed E-state index contributed by atoms with van der Waals surface area (Å²) in [6, 6.07) is 3.25. The summed E-state index contributed by atoms with van der Waals surface area (Å²) in [5.74, 6) is -0.514. The molecule has 2 rings (SSSR count). The van der Waals surface area contributed by atoms with Crippen LogP contribution in [0.3, 0.4) is 0 Å². The Kier molecular flexibility index (Phi) is 3.76. The Bertz CT molecular complexity index is 459. The van der Waals surface area contributed by atoms with Gasteiger partial charge >= 0.3 is 0 Å². The third-order valence-electron chi connectivity index (χ3n) is 2.52. The van der Waals surface area contributed by atoms with E-state index >= 15 is 0 Å². The van der Waals surface area contributed by atoms with Crippen LogP contribution in [0.2, 0.25) is 5.15 Å². The van der Waals surface area contributed by atoms with E-state index < -0.39 is 0 Å². The van der Waals surface area contributed by atoms with Gasteiger partial charge in [0.2, 0.25) is 5.91 Å². The van der Waals surface area contributed by atoms with Crippen molar-refractivity contribution in [2.75, 3.05) is 13.6 Å². The van der Waals surface area contributed by atoms with Gasteiger partial charge < -0.3 is 10.2 Å². The lowest BCUT2D eigenvalue weighted by Crippen LogP contribution is -2.39. The molecule has 1 aromatic heterocycles. The van der Waals surface area contributed by atoms with Crippen molar-refractivity contribution >= 4 is 23.4 Å². The summed E-state index contributed by atoms with van der Waals surface area (Å²) >= 11 is 5.58. The maximum atomic E-state index is 11.9. The van der Waals surface area contributed by atoms with Crippen molar-refractivity contribution in [1.82, 2.24) is 20.4 Å². The molecule has 1 fully saturated rings. The van der Waals surface area contributed by atoms with Crippen molar-refractivity contribution in [3.63, 3.8) is 0 Å². The Balaban J connectivity index is 1.90. The first-order valence-corrected chi connectivity index (χ1v) is 5.98. The summed E-state index contributed by atoms with van der Waals surface area (Å²) in [4.78, 5) is 24.7. The Hall–Kier alpha value is -1.69. The quantitative estimate of drug-likeness (QED) is 0.862. The molecule has 0 spiro atoms. The Labute approximate surface area is 109 Å². The molecule has 1 aliphatic carbocycles. The molecule has 7 heteroatoms. The van der Waals surface area contributed by atoms with Crippen LogP contribution >= 0.6 is 11.6 Å². The van der Waals surface area contributed by atoms with E-state index in [9.17, 15) is 9.59 Å². The molecular formula is C11H13ClN4O2. The standard InChI is InChI=1S/C11H13ClN4O2/c1-16(6-10(17)13-7-2-3-7)11(18)8-4-5-9(12)15-14-8/h4-5,7H,2-3,6H2,1H3,(H,13,17). The van der Waals surface area contributed by atoms with E-state index in [1.807, 2.05) is 0 Å². The molecular weight excluding hydrogens is 256 g/mol. The molecule has 0 radical (unpaired) electrons. The average Bonchev–Trinajstić information content (AvgIpc) is 3.12. The van der Waals surface area contributed by atoms with Crippen molar-refractivity contribution in [3.05, 3.63) is 23.0 Å². The molecule has 18 heavy (non-hydrogen) atoms. The van der Waals surface area contributed by atoms with Crippen LogP contribution in [0.4, 0.5) is 0 Å². The molecule has 1 saturated carbocycles. The summed E-state index contributed by atoms with van der Waals surface area (Å²) in [5, 5.41) is 10.3. The Morgan fingerprint density at radius 2 is 2.17 bits per heavy atom. The molecule has 1 heterocycles. The van der Waals surface area contributed by atoms with Gasteiger partial charge in [-0.15, -0.1) is 10.2 Å². The smallest absolute Gasteiger partial charge is 0.274 e. The summed E-state index contributed by atoms with van der Waals surface area (Å²) in [7, 11) is 1.55. The first kappa shape index (κ1) is 12.8. The third-order valence-corrected chi connectivity index (χ3v) is 2.72. The van der Waals surface area contributed by atoms with Crippen molar-refractivity contribution in [2.45, 2.75) is 18.9 Å². The zero-order chi connectivity index (χ0) is 13.1. The number of halogens is 1. The van der Waals surface area contributed by atoms with Crippen LogP contribution in [0.15, 0.2) is 12.1 Å². The normalized spacial score (nSPS) is 14.1. The fourth-order valence-corrected chi connectivity index (χ4v) is 1.51. The Morgan fingerprint density at radius 1 is 1.44 bits per heavy atom. The summed E-state index contributed by atoms with van der Waals surface area (Å²) in [6.45, 7) is 0.0135. The van der Waals surface area contributed by atoms with Gasteiger partial charge in [-0.05, 0) is 25.0 Å². The van der Waals surface area contributed by atoms with Gasteiger partial charge in [0.1, 0.15) is 0 Å². The predicted molar refractivity (Wildman–Crippen MR) is 65.2 cm³/mol. The van der Waals surface area contributed by atoms with Crippen LogP contribution in [0.5, 0.6) is 0 Å². The van der Waals surface area contributed by atoms with E-state index in [0.717, 1.165) is 12.8 Å². The molecule has 6 nitrogen and oxygen atoms in total. The van der Waals surface area contributed by atoms with Gasteiger partial charge in [-0.2, -0.15) is 0 Å². The van der Waals surface area contributed by atoms with Crippen molar-refractivity contribution in [2.24, 2.45) is 0 Å². The Morgan fingerprint density at radius 3 is 2.72 bits per heavy atom. The number of carbonyl (C=O) groups is 2. The molecule has 0 bridgehead atoms. The highest BCUT2D eigenvalue weighted by atomic mass is 35.5. The molecule has 0 unspecified atom stereocenters. The van der Waals surface area contributed by atoms with Gasteiger partial charge in [0.25, 0.3) is 5.91 Å². The van der Waals surface area contributed by atoms with Gasteiger partial charge in [-0.3, -0.25) is 9.59 Å². The second-order valence-corrected chi connectivity index (χ2v) is 4.63. The minimum atomic E-state index is -0.356. The lowest BCUT2D eigenvalue weighted by atomic mass is 10.3. The highest BCUT2D eigenvalue weighted by molar-refractivity contribution is 6.29. The number of nitrogens with zero attached hydrogens (tertiary/aromatic N) is 3. The van der Waals surface area contributed by atoms with Gasteiger partial charge in [-0.1, -0.05) is 11.6 Å². The molecule has 1 N–H and O–H groups in total. The van der Waals surface area contributed by atoms with Crippen LogP contribution in [0.25, 0.3) is 0 Å². The van der Waals surface area contributed by atoms with E-state index in [1.165, 1.54) is 17.0 Å². The molecule has 1 aliphatic rings. The number of hydrogen-bond acceptors (Lipinski definition) is 4. The van der Waals surface area contributed by atoms with Crippen LogP contribution in [0.1, 0.15) is 23.3 Å². The number of aromatic nitrogens is 2. The van der Waals surface area contributed by atoms with Gasteiger partial charge in [0.05, 0.1) is 6.54 Å². The number of carbonyl (C=O) groups excluding carboxylic acids is 2. The minimum absolute atomic E-state index is 0.0135. The highest BCUT2D eigenvalue weighted by Crippen LogP contribution is 2.18. The second-order valence-electron chi connectivity index (χ2n) is 4.24. The minimum Gasteiger partial charge on any atom is -0.352 e. The number of amides is 2. The van der Waals surface area contributed by atoms with E-state index in [1.54, 1.807) is 7.05 Å². The summed E-state index contributed by atoms with van der Waals surface area (Å²) < 4.78 is 0. The number of rotatable bonds is 4. The topological polar surface area (TPSA) is 75.2 Å². The van der Waals surface area contributed by atoms with Crippen LogP contribution in [-0.4, -0.2) is 46.5 Å². The van der Waals surface area contributed by atoms with Gasteiger partial charge in [0, 0.05) is 13.1 Å². The van der Waals surface area contributed by atoms with E-state index in [0.29, 0.717) is 0 Å². The fourth-order valence-electron chi connectivity index (χ4n) is 1.41. The molecule has 0 aliphatic heterocycles. The van der Waals surface area contributed by atoms with Crippen molar-refractivity contribution < 1.29 is 9.59 Å². The maximum Gasteiger partial charge on any atom is 0.274 e. The second kappa shape index (κ2) is 5.30. The largest absolute Gasteiger partial charge is 0.352 e. The average molecular weight is 269 g/mol. The van der Waals surface area contributed by atoms with Crippen LogP contribution in [0, 0.1) is 0 Å². The predicted octanol–water partition coefficient (Wildman–Crippen LogP) is 0.481. The monoisotopic (exact) mass is 268 g/mol. The zero-order valence-electron chi connectivity index (χ0n) is 9.89. The van der Waals surface area contributed by atoms with Crippen molar-refractivity contribution in [1.29, 1.82) is 0 Å². The van der Waals surface area contributed by atoms with Gasteiger partial charge in [0.15, 0.2) is 10.8 Å². The molecule has 96 valence electrons. The summed E-state index contributed by atoms with van der Waals surface area (Å²) in [5.41, 5.74) is 0.168. The molecule has 2 amide bonds. The molecule has 0 saturated heterocycles. The van der Waals surface area contributed by atoms with Crippen molar-refractivity contribution in [3.8, 4) is 0 Å². The van der Waals surface area contributed by atoms with E-state index in [2.05, 4.69) is 15.5 Å². The van der Waals surface area contributed by atoms with E-state index in [-0.39, 0.29) is 35.2 Å².